The van der Waals surface area contributed by atoms with E-state index in [4.69, 9.17) is 4.98 Å². The molecule has 1 aliphatic carbocycles. The molecule has 2 aromatic rings. The fourth-order valence-electron chi connectivity index (χ4n) is 4.31. The van der Waals surface area contributed by atoms with Gasteiger partial charge in [-0.25, -0.2) is 4.98 Å². The van der Waals surface area contributed by atoms with Crippen LogP contribution in [0.25, 0.3) is 5.52 Å². The van der Waals surface area contributed by atoms with Crippen molar-refractivity contribution in [3.8, 4) is 0 Å². The van der Waals surface area contributed by atoms with E-state index in [0.717, 1.165) is 36.5 Å². The predicted octanol–water partition coefficient (Wildman–Crippen LogP) is 3.89. The maximum absolute atomic E-state index is 4.79. The standard InChI is InChI=1S/C21H30N4S/c1-13(2)12-26-18-7-6-8-25-17(18)11-23-20(25)21(4,5)24-14(3)19-15-9-22-10-16(15)19/h6-8,11,13,15-16,19,22,24H,3,9-10,12H2,1-2,4-5H3. The summed E-state index contributed by atoms with van der Waals surface area (Å²) in [6.45, 7) is 15.6. The second-order valence-corrected chi connectivity index (χ2v) is 9.76. The largest absolute Gasteiger partial charge is 0.377 e. The molecular weight excluding hydrogens is 340 g/mol. The van der Waals surface area contributed by atoms with Crippen molar-refractivity contribution in [3.63, 3.8) is 0 Å². The zero-order chi connectivity index (χ0) is 18.5. The second kappa shape index (κ2) is 6.61. The number of thioether (sulfide) groups is 1. The summed E-state index contributed by atoms with van der Waals surface area (Å²) in [5, 5.41) is 7.16. The predicted molar refractivity (Wildman–Crippen MR) is 109 cm³/mol. The lowest BCUT2D eigenvalue weighted by Crippen LogP contribution is -2.38. The van der Waals surface area contributed by atoms with Gasteiger partial charge in [0, 0.05) is 28.5 Å². The Morgan fingerprint density at radius 2 is 2.15 bits per heavy atom. The molecule has 0 aromatic carbocycles. The van der Waals surface area contributed by atoms with Crippen LogP contribution in [0.1, 0.15) is 33.5 Å². The third kappa shape index (κ3) is 3.16. The summed E-state index contributed by atoms with van der Waals surface area (Å²) in [4.78, 5) is 6.10. The Morgan fingerprint density at radius 1 is 1.42 bits per heavy atom. The van der Waals surface area contributed by atoms with Crippen LogP contribution in [0.3, 0.4) is 0 Å². The molecule has 4 rings (SSSR count). The molecule has 5 heteroatoms. The highest BCUT2D eigenvalue weighted by atomic mass is 32.2. The Balaban J connectivity index is 1.55. The molecule has 0 amide bonds. The van der Waals surface area contributed by atoms with E-state index in [1.165, 1.54) is 16.1 Å². The second-order valence-electron chi connectivity index (χ2n) is 8.70. The lowest BCUT2D eigenvalue weighted by atomic mass is 10.0. The summed E-state index contributed by atoms with van der Waals surface area (Å²) < 4.78 is 2.23. The molecule has 26 heavy (non-hydrogen) atoms. The topological polar surface area (TPSA) is 41.4 Å². The van der Waals surface area contributed by atoms with E-state index in [-0.39, 0.29) is 5.54 Å². The van der Waals surface area contributed by atoms with Crippen LogP contribution in [-0.2, 0) is 5.54 Å². The van der Waals surface area contributed by atoms with Crippen molar-refractivity contribution in [2.75, 3.05) is 18.8 Å². The van der Waals surface area contributed by atoms with E-state index in [1.807, 2.05) is 18.0 Å². The minimum Gasteiger partial charge on any atom is -0.377 e. The van der Waals surface area contributed by atoms with Crippen molar-refractivity contribution in [2.24, 2.45) is 23.7 Å². The quantitative estimate of drug-likeness (QED) is 0.726. The van der Waals surface area contributed by atoms with Gasteiger partial charge in [0.1, 0.15) is 5.82 Å². The highest BCUT2D eigenvalue weighted by Crippen LogP contribution is 2.52. The Morgan fingerprint density at radius 3 is 2.85 bits per heavy atom. The number of aromatic nitrogens is 2. The van der Waals surface area contributed by atoms with Gasteiger partial charge in [0.15, 0.2) is 0 Å². The van der Waals surface area contributed by atoms with E-state index < -0.39 is 0 Å². The molecule has 1 saturated carbocycles. The fourth-order valence-corrected chi connectivity index (χ4v) is 5.30. The average molecular weight is 371 g/mol. The van der Waals surface area contributed by atoms with Crippen molar-refractivity contribution in [3.05, 3.63) is 42.6 Å². The maximum atomic E-state index is 4.79. The molecule has 2 unspecified atom stereocenters. The van der Waals surface area contributed by atoms with Crippen LogP contribution in [0.2, 0.25) is 0 Å². The number of hydrogen-bond donors (Lipinski definition) is 2. The monoisotopic (exact) mass is 370 g/mol. The Bertz CT molecular complexity index is 813. The minimum absolute atomic E-state index is 0.255. The van der Waals surface area contributed by atoms with Gasteiger partial charge >= 0.3 is 0 Å². The molecule has 2 N–H and O–H groups in total. The zero-order valence-electron chi connectivity index (χ0n) is 16.2. The summed E-state index contributed by atoms with van der Waals surface area (Å²) >= 11 is 1.92. The number of allylic oxidation sites excluding steroid dienone is 1. The van der Waals surface area contributed by atoms with Crippen LogP contribution in [-0.4, -0.2) is 28.2 Å². The molecule has 4 nitrogen and oxygen atoms in total. The normalized spacial score (nSPS) is 24.9. The molecule has 0 radical (unpaired) electrons. The van der Waals surface area contributed by atoms with E-state index in [9.17, 15) is 0 Å². The molecule has 1 saturated heterocycles. The van der Waals surface area contributed by atoms with Crippen LogP contribution >= 0.6 is 11.8 Å². The van der Waals surface area contributed by atoms with Crippen molar-refractivity contribution in [1.82, 2.24) is 20.0 Å². The average Bonchev–Trinajstić information content (AvgIpc) is 2.95. The van der Waals surface area contributed by atoms with Crippen molar-refractivity contribution in [1.29, 1.82) is 0 Å². The number of hydrogen-bond acceptors (Lipinski definition) is 4. The van der Waals surface area contributed by atoms with Gasteiger partial charge in [0.2, 0.25) is 0 Å². The van der Waals surface area contributed by atoms with E-state index in [0.29, 0.717) is 11.8 Å². The first-order valence-electron chi connectivity index (χ1n) is 9.65. The van der Waals surface area contributed by atoms with Crippen LogP contribution < -0.4 is 10.6 Å². The van der Waals surface area contributed by atoms with E-state index in [1.54, 1.807) is 0 Å². The molecule has 2 fully saturated rings. The highest BCUT2D eigenvalue weighted by molar-refractivity contribution is 7.99. The van der Waals surface area contributed by atoms with Crippen LogP contribution in [0.4, 0.5) is 0 Å². The summed E-state index contributed by atoms with van der Waals surface area (Å²) in [5.41, 5.74) is 2.12. The van der Waals surface area contributed by atoms with Gasteiger partial charge in [0.05, 0.1) is 17.3 Å². The third-order valence-electron chi connectivity index (χ3n) is 5.63. The molecule has 140 valence electrons. The van der Waals surface area contributed by atoms with Crippen LogP contribution in [0.15, 0.2) is 41.7 Å². The number of imidazole rings is 1. The molecule has 0 bridgehead atoms. The zero-order valence-corrected chi connectivity index (χ0v) is 17.1. The molecule has 3 heterocycles. The molecular formula is C21H30N4S. The van der Waals surface area contributed by atoms with E-state index >= 15 is 0 Å². The van der Waals surface area contributed by atoms with Gasteiger partial charge in [-0.3, -0.25) is 0 Å². The summed E-state index contributed by atoms with van der Waals surface area (Å²) in [6.07, 6.45) is 4.14. The minimum atomic E-state index is -0.255. The lowest BCUT2D eigenvalue weighted by Gasteiger charge is -2.28. The van der Waals surface area contributed by atoms with Gasteiger partial charge in [0.25, 0.3) is 0 Å². The molecule has 0 spiro atoms. The van der Waals surface area contributed by atoms with Crippen LogP contribution in [0, 0.1) is 23.7 Å². The van der Waals surface area contributed by atoms with Crippen molar-refractivity contribution < 1.29 is 0 Å². The number of fused-ring (bicyclic) bond motifs is 2. The first-order valence-corrected chi connectivity index (χ1v) is 10.6. The molecule has 1 aliphatic heterocycles. The van der Waals surface area contributed by atoms with Gasteiger partial charge in [-0.15, -0.1) is 11.8 Å². The smallest absolute Gasteiger partial charge is 0.138 e. The van der Waals surface area contributed by atoms with E-state index in [2.05, 4.69) is 67.6 Å². The van der Waals surface area contributed by atoms with Gasteiger partial charge in [-0.05, 0) is 56.8 Å². The summed E-state index contributed by atoms with van der Waals surface area (Å²) in [6, 6.07) is 4.33. The number of rotatable bonds is 7. The molecule has 2 aliphatic rings. The Kier molecular flexibility index (Phi) is 4.56. The van der Waals surface area contributed by atoms with Gasteiger partial charge < -0.3 is 15.0 Å². The fraction of sp³-hybridized carbons (Fsp3) is 0.571. The van der Waals surface area contributed by atoms with Crippen molar-refractivity contribution in [2.45, 2.75) is 38.1 Å². The SMILES string of the molecule is C=C(NC(C)(C)c1ncc2c(SCC(C)C)cccn12)C1C2CNCC21. The Labute approximate surface area is 160 Å². The third-order valence-corrected chi connectivity index (χ3v) is 7.12. The summed E-state index contributed by atoms with van der Waals surface area (Å²) in [7, 11) is 0. The maximum Gasteiger partial charge on any atom is 0.138 e. The number of piperidine rings is 1. The van der Waals surface area contributed by atoms with Crippen LogP contribution in [0.5, 0.6) is 0 Å². The first kappa shape index (κ1) is 17.9. The number of nitrogens with zero attached hydrogens (tertiary/aromatic N) is 2. The summed E-state index contributed by atoms with van der Waals surface area (Å²) in [5.74, 6) is 5.03. The molecule has 2 aromatic heterocycles. The number of pyridine rings is 1. The molecule has 2 atom stereocenters. The first-order chi connectivity index (χ1) is 12.4. The Hall–Kier alpha value is -1.46. The lowest BCUT2D eigenvalue weighted by molar-refractivity contribution is 0.401. The number of nitrogens with one attached hydrogen (secondary N) is 2. The highest BCUT2D eigenvalue weighted by Gasteiger charge is 2.54. The van der Waals surface area contributed by atoms with Gasteiger partial charge in [-0.1, -0.05) is 20.4 Å². The van der Waals surface area contributed by atoms with Gasteiger partial charge in [-0.2, -0.15) is 0 Å². The van der Waals surface area contributed by atoms with Crippen molar-refractivity contribution >= 4 is 17.3 Å².